The topological polar surface area (TPSA) is 50.1 Å². The van der Waals surface area contributed by atoms with Crippen molar-refractivity contribution >= 4 is 37.8 Å². The third-order valence-electron chi connectivity index (χ3n) is 1.67. The van der Waals surface area contributed by atoms with Crippen LogP contribution in [0.2, 0.25) is 0 Å². The van der Waals surface area contributed by atoms with Crippen molar-refractivity contribution in [3.8, 4) is 6.07 Å². The summed E-state index contributed by atoms with van der Waals surface area (Å²) in [5, 5.41) is 8.80. The number of carbonyl (C=O) groups is 1. The summed E-state index contributed by atoms with van der Waals surface area (Å²) in [4.78, 5) is 11.5. The van der Waals surface area contributed by atoms with Gasteiger partial charge in [0.25, 0.3) is 0 Å². The maximum Gasteiger partial charge on any atom is 0.339 e. The summed E-state index contributed by atoms with van der Waals surface area (Å²) in [7, 11) is 0. The number of hydrogen-bond donors (Lipinski definition) is 0. The maximum atomic E-state index is 11.5. The molecular weight excluding hydrogens is 326 g/mol. The number of rotatable bonds is 2. The van der Waals surface area contributed by atoms with E-state index in [4.69, 9.17) is 10.00 Å². The van der Waals surface area contributed by atoms with Crippen LogP contribution >= 0.6 is 31.9 Å². The fourth-order valence-electron chi connectivity index (χ4n) is 1.000. The SMILES string of the molecule is CCOC(=O)c1cc(C#N)c(Br)cc1Br. The summed E-state index contributed by atoms with van der Waals surface area (Å²) in [6, 6.07) is 5.13. The van der Waals surface area contributed by atoms with E-state index < -0.39 is 5.97 Å². The molecule has 0 aliphatic rings. The molecular formula is C10H7Br2NO2. The largest absolute Gasteiger partial charge is 0.462 e. The first-order valence-electron chi connectivity index (χ1n) is 4.16. The second-order valence-corrected chi connectivity index (χ2v) is 4.35. The third-order valence-corrected chi connectivity index (χ3v) is 2.98. The Labute approximate surface area is 104 Å². The predicted octanol–water partition coefficient (Wildman–Crippen LogP) is 3.26. The highest BCUT2D eigenvalue weighted by atomic mass is 79.9. The molecule has 0 heterocycles. The van der Waals surface area contributed by atoms with E-state index in [2.05, 4.69) is 31.9 Å². The quantitative estimate of drug-likeness (QED) is 0.781. The van der Waals surface area contributed by atoms with Crippen LogP contribution in [0, 0.1) is 11.3 Å². The van der Waals surface area contributed by atoms with Crippen LogP contribution in [0.4, 0.5) is 0 Å². The number of ether oxygens (including phenoxy) is 1. The van der Waals surface area contributed by atoms with E-state index in [1.807, 2.05) is 6.07 Å². The number of hydrogen-bond acceptors (Lipinski definition) is 3. The van der Waals surface area contributed by atoms with Crippen LogP contribution in [-0.2, 0) is 4.74 Å². The highest BCUT2D eigenvalue weighted by molar-refractivity contribution is 9.11. The molecule has 0 saturated heterocycles. The second kappa shape index (κ2) is 5.29. The Morgan fingerprint density at radius 1 is 1.47 bits per heavy atom. The summed E-state index contributed by atoms with van der Waals surface area (Å²) in [5.41, 5.74) is 0.762. The van der Waals surface area contributed by atoms with E-state index in [0.717, 1.165) is 0 Å². The molecule has 1 rings (SSSR count). The van der Waals surface area contributed by atoms with Gasteiger partial charge in [0.15, 0.2) is 0 Å². The standard InChI is InChI=1S/C10H7Br2NO2/c1-2-15-10(14)7-3-6(5-13)8(11)4-9(7)12/h3-4H,2H2,1H3. The maximum absolute atomic E-state index is 11.5. The van der Waals surface area contributed by atoms with Crippen molar-refractivity contribution in [2.45, 2.75) is 6.92 Å². The van der Waals surface area contributed by atoms with Crippen molar-refractivity contribution in [1.29, 1.82) is 5.26 Å². The van der Waals surface area contributed by atoms with E-state index in [0.29, 0.717) is 26.7 Å². The lowest BCUT2D eigenvalue weighted by Gasteiger charge is -2.05. The average Bonchev–Trinajstić information content (AvgIpc) is 2.18. The van der Waals surface area contributed by atoms with E-state index in [-0.39, 0.29) is 0 Å². The van der Waals surface area contributed by atoms with Gasteiger partial charge in [0.2, 0.25) is 0 Å². The van der Waals surface area contributed by atoms with Crippen molar-refractivity contribution < 1.29 is 9.53 Å². The number of benzene rings is 1. The number of nitrogens with zero attached hydrogens (tertiary/aromatic N) is 1. The molecule has 0 amide bonds. The van der Waals surface area contributed by atoms with Gasteiger partial charge in [0.05, 0.1) is 17.7 Å². The van der Waals surface area contributed by atoms with Crippen LogP contribution in [0.15, 0.2) is 21.1 Å². The van der Waals surface area contributed by atoms with Gasteiger partial charge in [-0.2, -0.15) is 5.26 Å². The van der Waals surface area contributed by atoms with E-state index in [1.165, 1.54) is 6.07 Å². The average molecular weight is 333 g/mol. The lowest BCUT2D eigenvalue weighted by Crippen LogP contribution is -2.06. The molecule has 15 heavy (non-hydrogen) atoms. The molecule has 0 fully saturated rings. The lowest BCUT2D eigenvalue weighted by molar-refractivity contribution is 0.0525. The van der Waals surface area contributed by atoms with Gasteiger partial charge in [-0.1, -0.05) is 0 Å². The Balaban J connectivity index is 3.20. The minimum Gasteiger partial charge on any atom is -0.462 e. The zero-order valence-electron chi connectivity index (χ0n) is 7.88. The molecule has 0 radical (unpaired) electrons. The molecule has 0 aliphatic carbocycles. The molecule has 1 aromatic carbocycles. The smallest absolute Gasteiger partial charge is 0.339 e. The molecule has 0 aromatic heterocycles. The van der Waals surface area contributed by atoms with E-state index in [1.54, 1.807) is 13.0 Å². The van der Waals surface area contributed by atoms with E-state index in [9.17, 15) is 4.79 Å². The minimum atomic E-state index is -0.437. The van der Waals surface area contributed by atoms with Gasteiger partial charge in [-0.05, 0) is 50.9 Å². The highest BCUT2D eigenvalue weighted by Gasteiger charge is 2.14. The molecule has 3 nitrogen and oxygen atoms in total. The summed E-state index contributed by atoms with van der Waals surface area (Å²) in [5.74, 6) is -0.437. The fraction of sp³-hybridized carbons (Fsp3) is 0.200. The van der Waals surface area contributed by atoms with Gasteiger partial charge in [0, 0.05) is 8.95 Å². The first kappa shape index (κ1) is 12.2. The van der Waals surface area contributed by atoms with Crippen LogP contribution in [0.25, 0.3) is 0 Å². The van der Waals surface area contributed by atoms with Crippen molar-refractivity contribution in [2.75, 3.05) is 6.61 Å². The van der Waals surface area contributed by atoms with Crippen LogP contribution in [0.1, 0.15) is 22.8 Å². The summed E-state index contributed by atoms with van der Waals surface area (Å²) in [6.45, 7) is 2.04. The fourth-order valence-corrected chi connectivity index (χ4v) is 2.24. The molecule has 0 aliphatic heterocycles. The van der Waals surface area contributed by atoms with Crippen LogP contribution in [0.5, 0.6) is 0 Å². The molecule has 5 heteroatoms. The Bertz CT molecular complexity index is 438. The zero-order chi connectivity index (χ0) is 11.4. The molecule has 0 unspecified atom stereocenters. The first-order chi connectivity index (χ1) is 7.10. The normalized spacial score (nSPS) is 9.47. The van der Waals surface area contributed by atoms with Crippen molar-refractivity contribution in [1.82, 2.24) is 0 Å². The van der Waals surface area contributed by atoms with Crippen molar-refractivity contribution in [3.05, 3.63) is 32.2 Å². The van der Waals surface area contributed by atoms with Gasteiger partial charge < -0.3 is 4.74 Å². The number of halogens is 2. The Hall–Kier alpha value is -0.860. The molecule has 0 N–H and O–H groups in total. The highest BCUT2D eigenvalue weighted by Crippen LogP contribution is 2.26. The molecule has 0 saturated carbocycles. The summed E-state index contributed by atoms with van der Waals surface area (Å²) >= 11 is 6.47. The van der Waals surface area contributed by atoms with Crippen molar-refractivity contribution in [3.63, 3.8) is 0 Å². The molecule has 1 aromatic rings. The van der Waals surface area contributed by atoms with Crippen LogP contribution < -0.4 is 0 Å². The van der Waals surface area contributed by atoms with E-state index >= 15 is 0 Å². The Kier molecular flexibility index (Phi) is 4.30. The Morgan fingerprint density at radius 2 is 2.13 bits per heavy atom. The van der Waals surface area contributed by atoms with Gasteiger partial charge in [-0.25, -0.2) is 4.79 Å². The predicted molar refractivity (Wildman–Crippen MR) is 62.5 cm³/mol. The van der Waals surface area contributed by atoms with Gasteiger partial charge >= 0.3 is 5.97 Å². The lowest BCUT2D eigenvalue weighted by atomic mass is 10.1. The molecule has 0 bridgehead atoms. The van der Waals surface area contributed by atoms with Crippen LogP contribution in [0.3, 0.4) is 0 Å². The summed E-state index contributed by atoms with van der Waals surface area (Å²) in [6.07, 6.45) is 0. The number of nitriles is 1. The molecule has 78 valence electrons. The summed E-state index contributed by atoms with van der Waals surface area (Å²) < 4.78 is 6.10. The Morgan fingerprint density at radius 3 is 2.67 bits per heavy atom. The van der Waals surface area contributed by atoms with Crippen LogP contribution in [-0.4, -0.2) is 12.6 Å². The number of esters is 1. The second-order valence-electron chi connectivity index (χ2n) is 2.64. The monoisotopic (exact) mass is 331 g/mol. The number of carbonyl (C=O) groups excluding carboxylic acids is 1. The molecule has 0 atom stereocenters. The molecule has 0 spiro atoms. The van der Waals surface area contributed by atoms with Gasteiger partial charge in [-0.3, -0.25) is 0 Å². The van der Waals surface area contributed by atoms with Gasteiger partial charge in [0.1, 0.15) is 6.07 Å². The zero-order valence-corrected chi connectivity index (χ0v) is 11.1. The van der Waals surface area contributed by atoms with Gasteiger partial charge in [-0.15, -0.1) is 0 Å². The van der Waals surface area contributed by atoms with Crippen molar-refractivity contribution in [2.24, 2.45) is 0 Å². The minimum absolute atomic E-state index is 0.309. The first-order valence-corrected chi connectivity index (χ1v) is 5.75. The third kappa shape index (κ3) is 2.80.